The number of aryl methyl sites for hydroxylation is 1. The maximum atomic E-state index is 12.4. The molecule has 0 spiro atoms. The van der Waals surface area contributed by atoms with Crippen LogP contribution < -0.4 is 5.32 Å². The Balaban J connectivity index is 1.52. The van der Waals surface area contributed by atoms with E-state index in [4.69, 9.17) is 0 Å². The standard InChI is InChI=1S/C17H25N5OS/c1-12-10-14-16(19-11-20-17(14)24-12)18-7-4-15(23)22(3)13-5-8-21(2)9-6-13/h10-11,13H,4-9H2,1-3H3,(H,18,19,20). The van der Waals surface area contributed by atoms with Crippen LogP contribution in [0.4, 0.5) is 5.82 Å². The van der Waals surface area contributed by atoms with Gasteiger partial charge in [0.05, 0.1) is 5.39 Å². The van der Waals surface area contributed by atoms with Gasteiger partial charge < -0.3 is 15.1 Å². The number of carbonyl (C=O) groups excluding carboxylic acids is 1. The number of fused-ring (bicyclic) bond motifs is 1. The number of hydrogen-bond donors (Lipinski definition) is 1. The van der Waals surface area contributed by atoms with Crippen molar-refractivity contribution < 1.29 is 4.79 Å². The second kappa shape index (κ2) is 7.44. The van der Waals surface area contributed by atoms with Gasteiger partial charge in [0.1, 0.15) is 17.0 Å². The summed E-state index contributed by atoms with van der Waals surface area (Å²) < 4.78 is 0. The molecule has 24 heavy (non-hydrogen) atoms. The average molecular weight is 347 g/mol. The quantitative estimate of drug-likeness (QED) is 0.900. The van der Waals surface area contributed by atoms with Gasteiger partial charge in [0.2, 0.25) is 5.91 Å². The molecule has 2 aromatic heterocycles. The summed E-state index contributed by atoms with van der Waals surface area (Å²) in [6.45, 7) is 4.79. The van der Waals surface area contributed by atoms with Crippen molar-refractivity contribution in [2.24, 2.45) is 0 Å². The first-order valence-corrected chi connectivity index (χ1v) is 9.25. The van der Waals surface area contributed by atoms with E-state index in [1.54, 1.807) is 17.7 Å². The largest absolute Gasteiger partial charge is 0.369 e. The van der Waals surface area contributed by atoms with Crippen LogP contribution in [0.3, 0.4) is 0 Å². The van der Waals surface area contributed by atoms with Crippen LogP contribution >= 0.6 is 11.3 Å². The minimum absolute atomic E-state index is 0.198. The fourth-order valence-corrected chi connectivity index (χ4v) is 4.01. The van der Waals surface area contributed by atoms with Gasteiger partial charge in [0, 0.05) is 30.9 Å². The molecule has 0 radical (unpaired) electrons. The van der Waals surface area contributed by atoms with E-state index >= 15 is 0 Å². The van der Waals surface area contributed by atoms with Crippen molar-refractivity contribution in [2.45, 2.75) is 32.2 Å². The first-order valence-electron chi connectivity index (χ1n) is 8.44. The molecule has 3 rings (SSSR count). The second-order valence-corrected chi connectivity index (χ2v) is 7.75. The lowest BCUT2D eigenvalue weighted by Crippen LogP contribution is -2.44. The van der Waals surface area contributed by atoms with Gasteiger partial charge >= 0.3 is 0 Å². The lowest BCUT2D eigenvalue weighted by molar-refractivity contribution is -0.132. The number of thiophene rings is 1. The number of hydrogen-bond acceptors (Lipinski definition) is 6. The van der Waals surface area contributed by atoms with Crippen LogP contribution in [0.25, 0.3) is 10.2 Å². The highest BCUT2D eigenvalue weighted by atomic mass is 32.1. The molecular weight excluding hydrogens is 322 g/mol. The first kappa shape index (κ1) is 17.1. The lowest BCUT2D eigenvalue weighted by Gasteiger charge is -2.35. The van der Waals surface area contributed by atoms with Crippen LogP contribution in [0, 0.1) is 6.92 Å². The third-order valence-corrected chi connectivity index (χ3v) is 5.67. The van der Waals surface area contributed by atoms with Crippen LogP contribution in [-0.4, -0.2) is 65.4 Å². The van der Waals surface area contributed by atoms with E-state index in [0.29, 0.717) is 19.0 Å². The molecule has 0 unspecified atom stereocenters. The number of anilines is 1. The molecule has 1 aliphatic heterocycles. The number of likely N-dealkylation sites (tertiary alicyclic amines) is 1. The van der Waals surface area contributed by atoms with E-state index in [1.165, 1.54) is 4.88 Å². The fourth-order valence-electron chi connectivity index (χ4n) is 3.17. The Labute approximate surface area is 146 Å². The summed E-state index contributed by atoms with van der Waals surface area (Å²) in [7, 11) is 4.07. The van der Waals surface area contributed by atoms with Crippen molar-refractivity contribution in [1.82, 2.24) is 19.8 Å². The first-order chi connectivity index (χ1) is 11.5. The summed E-state index contributed by atoms with van der Waals surface area (Å²) in [5.41, 5.74) is 0. The Hall–Kier alpha value is -1.73. The normalized spacial score (nSPS) is 16.5. The highest BCUT2D eigenvalue weighted by molar-refractivity contribution is 7.18. The number of nitrogens with one attached hydrogen (secondary N) is 1. The molecule has 1 N–H and O–H groups in total. The zero-order chi connectivity index (χ0) is 17.1. The molecule has 1 fully saturated rings. The molecule has 6 nitrogen and oxygen atoms in total. The zero-order valence-electron chi connectivity index (χ0n) is 14.6. The van der Waals surface area contributed by atoms with Crippen molar-refractivity contribution in [3.63, 3.8) is 0 Å². The molecule has 0 aromatic carbocycles. The predicted molar refractivity (Wildman–Crippen MR) is 98.5 cm³/mol. The molecule has 130 valence electrons. The molecular formula is C17H25N5OS. The zero-order valence-corrected chi connectivity index (χ0v) is 15.4. The number of nitrogens with zero attached hydrogens (tertiary/aromatic N) is 4. The van der Waals surface area contributed by atoms with Gasteiger partial charge in [0.15, 0.2) is 0 Å². The SMILES string of the molecule is Cc1cc2c(NCCC(=O)N(C)C3CCN(C)CC3)ncnc2s1. The van der Waals surface area contributed by atoms with Gasteiger partial charge in [-0.25, -0.2) is 9.97 Å². The van der Waals surface area contributed by atoms with Crippen molar-refractivity contribution in [1.29, 1.82) is 0 Å². The van der Waals surface area contributed by atoms with Crippen molar-refractivity contribution in [3.8, 4) is 0 Å². The molecule has 1 saturated heterocycles. The summed E-state index contributed by atoms with van der Waals surface area (Å²) in [6, 6.07) is 2.47. The van der Waals surface area contributed by atoms with Crippen molar-refractivity contribution in [2.75, 3.05) is 39.0 Å². The van der Waals surface area contributed by atoms with Crippen LogP contribution in [0.2, 0.25) is 0 Å². The molecule has 0 bridgehead atoms. The van der Waals surface area contributed by atoms with Crippen molar-refractivity contribution >= 4 is 33.3 Å². The van der Waals surface area contributed by atoms with E-state index in [-0.39, 0.29) is 5.91 Å². The average Bonchev–Trinajstić information content (AvgIpc) is 2.96. The van der Waals surface area contributed by atoms with Gasteiger partial charge in [-0.05, 0) is 46.0 Å². The minimum atomic E-state index is 0.198. The van der Waals surface area contributed by atoms with Gasteiger partial charge in [-0.1, -0.05) is 0 Å². The van der Waals surface area contributed by atoms with Gasteiger partial charge in [-0.2, -0.15) is 0 Å². The molecule has 0 aliphatic carbocycles. The molecule has 1 aliphatic rings. The summed E-state index contributed by atoms with van der Waals surface area (Å²) >= 11 is 1.66. The van der Waals surface area contributed by atoms with Crippen LogP contribution in [-0.2, 0) is 4.79 Å². The smallest absolute Gasteiger partial charge is 0.224 e. The summed E-state index contributed by atoms with van der Waals surface area (Å²) in [4.78, 5) is 27.5. The van der Waals surface area contributed by atoms with Gasteiger partial charge in [-0.15, -0.1) is 11.3 Å². The molecule has 0 atom stereocenters. The minimum Gasteiger partial charge on any atom is -0.369 e. The fraction of sp³-hybridized carbons (Fsp3) is 0.588. The van der Waals surface area contributed by atoms with E-state index in [1.807, 2.05) is 11.9 Å². The Bertz CT molecular complexity index is 708. The van der Waals surface area contributed by atoms with Crippen LogP contribution in [0.1, 0.15) is 24.1 Å². The maximum Gasteiger partial charge on any atom is 0.224 e. The Morgan fingerprint density at radius 3 is 2.92 bits per heavy atom. The van der Waals surface area contributed by atoms with Crippen molar-refractivity contribution in [3.05, 3.63) is 17.3 Å². The van der Waals surface area contributed by atoms with Crippen LogP contribution in [0.15, 0.2) is 12.4 Å². The number of aromatic nitrogens is 2. The summed E-state index contributed by atoms with van der Waals surface area (Å²) in [6.07, 6.45) is 4.18. The van der Waals surface area contributed by atoms with E-state index in [9.17, 15) is 4.79 Å². The predicted octanol–water partition coefficient (Wildman–Crippen LogP) is 2.35. The number of rotatable bonds is 5. The molecule has 1 amide bonds. The molecule has 3 heterocycles. The highest BCUT2D eigenvalue weighted by Crippen LogP contribution is 2.27. The third-order valence-electron chi connectivity index (χ3n) is 4.71. The third kappa shape index (κ3) is 3.84. The Morgan fingerprint density at radius 2 is 2.17 bits per heavy atom. The van der Waals surface area contributed by atoms with E-state index in [0.717, 1.165) is 42.0 Å². The van der Waals surface area contributed by atoms with E-state index in [2.05, 4.69) is 40.2 Å². The van der Waals surface area contributed by atoms with Gasteiger partial charge in [0.25, 0.3) is 0 Å². The van der Waals surface area contributed by atoms with Crippen LogP contribution in [0.5, 0.6) is 0 Å². The number of carbonyl (C=O) groups is 1. The molecule has 0 saturated carbocycles. The Morgan fingerprint density at radius 1 is 1.42 bits per heavy atom. The maximum absolute atomic E-state index is 12.4. The Kier molecular flexibility index (Phi) is 5.30. The highest BCUT2D eigenvalue weighted by Gasteiger charge is 2.23. The number of piperidine rings is 1. The second-order valence-electron chi connectivity index (χ2n) is 6.51. The lowest BCUT2D eigenvalue weighted by atomic mass is 10.0. The summed E-state index contributed by atoms with van der Waals surface area (Å²) in [5.74, 6) is 1.02. The molecule has 2 aromatic rings. The molecule has 7 heteroatoms. The summed E-state index contributed by atoms with van der Waals surface area (Å²) in [5, 5.41) is 4.33. The topological polar surface area (TPSA) is 61.4 Å². The van der Waals surface area contributed by atoms with E-state index < -0.39 is 0 Å². The van der Waals surface area contributed by atoms with Gasteiger partial charge in [-0.3, -0.25) is 4.79 Å². The number of amides is 1. The monoisotopic (exact) mass is 347 g/mol.